The highest BCUT2D eigenvalue weighted by Gasteiger charge is 2.30. The maximum absolute atomic E-state index is 13.3. The third kappa shape index (κ3) is 4.44. The van der Waals surface area contributed by atoms with Crippen molar-refractivity contribution in [2.75, 3.05) is 18.4 Å². The smallest absolute Gasteiger partial charge is 0.255 e. The lowest BCUT2D eigenvalue weighted by atomic mass is 10.1. The zero-order chi connectivity index (χ0) is 21.3. The van der Waals surface area contributed by atoms with E-state index in [1.807, 2.05) is 0 Å². The van der Waals surface area contributed by atoms with Crippen molar-refractivity contribution in [3.63, 3.8) is 0 Å². The zero-order valence-electron chi connectivity index (χ0n) is 15.5. The number of piperidine rings is 1. The number of anilines is 1. The van der Waals surface area contributed by atoms with Crippen LogP contribution in [0.4, 0.5) is 18.9 Å². The summed E-state index contributed by atoms with van der Waals surface area (Å²) in [5, 5.41) is 11.8. The van der Waals surface area contributed by atoms with Gasteiger partial charge in [0.1, 0.15) is 0 Å². The molecule has 2 N–H and O–H groups in total. The molecule has 0 aromatic heterocycles. The third-order valence-electron chi connectivity index (χ3n) is 4.73. The summed E-state index contributed by atoms with van der Waals surface area (Å²) in [6, 6.07) is 5.26. The second-order valence-corrected chi connectivity index (χ2v) is 8.73. The van der Waals surface area contributed by atoms with Gasteiger partial charge in [0.25, 0.3) is 5.91 Å². The Morgan fingerprint density at radius 2 is 1.69 bits per heavy atom. The van der Waals surface area contributed by atoms with Crippen molar-refractivity contribution in [3.8, 4) is 0 Å². The number of aryl methyl sites for hydroxylation is 1. The van der Waals surface area contributed by atoms with Crippen molar-refractivity contribution >= 4 is 21.6 Å². The number of aliphatic hydroxyl groups is 1. The first-order valence-electron chi connectivity index (χ1n) is 8.84. The second kappa shape index (κ2) is 8.13. The Bertz CT molecular complexity index is 1030. The van der Waals surface area contributed by atoms with Gasteiger partial charge in [-0.05, 0) is 37.5 Å². The normalized spacial score (nSPS) is 16.0. The lowest BCUT2D eigenvalue weighted by Crippen LogP contribution is -2.40. The number of carbonyl (C=O) groups is 1. The molecule has 2 aromatic rings. The first kappa shape index (κ1) is 21.3. The molecule has 1 amide bonds. The van der Waals surface area contributed by atoms with Crippen molar-refractivity contribution in [1.82, 2.24) is 4.31 Å². The van der Waals surface area contributed by atoms with E-state index in [4.69, 9.17) is 0 Å². The molecule has 1 aliphatic heterocycles. The molecule has 1 saturated heterocycles. The summed E-state index contributed by atoms with van der Waals surface area (Å²) in [7, 11) is -3.89. The third-order valence-corrected chi connectivity index (χ3v) is 6.77. The highest BCUT2D eigenvalue weighted by Crippen LogP contribution is 2.25. The number of aliphatic hydroxyl groups excluding tert-OH is 1. The van der Waals surface area contributed by atoms with Gasteiger partial charge in [-0.1, -0.05) is 6.07 Å². The van der Waals surface area contributed by atoms with Crippen LogP contribution in [0.5, 0.6) is 0 Å². The van der Waals surface area contributed by atoms with Crippen LogP contribution < -0.4 is 5.32 Å². The van der Waals surface area contributed by atoms with Crippen molar-refractivity contribution in [3.05, 3.63) is 58.9 Å². The van der Waals surface area contributed by atoms with Gasteiger partial charge in [-0.3, -0.25) is 4.79 Å². The molecule has 0 bridgehead atoms. The van der Waals surface area contributed by atoms with E-state index < -0.39 is 39.5 Å². The molecule has 1 aliphatic rings. The molecule has 0 aliphatic carbocycles. The maximum Gasteiger partial charge on any atom is 0.255 e. The minimum absolute atomic E-state index is 0.0450. The van der Waals surface area contributed by atoms with E-state index in [-0.39, 0.29) is 29.2 Å². The molecule has 0 atom stereocenters. The molecule has 3 rings (SSSR count). The fraction of sp³-hybridized carbons (Fsp3) is 0.316. The zero-order valence-corrected chi connectivity index (χ0v) is 16.3. The second-order valence-electron chi connectivity index (χ2n) is 6.82. The maximum atomic E-state index is 13.3. The number of benzene rings is 2. The van der Waals surface area contributed by atoms with Crippen LogP contribution in [0.1, 0.15) is 28.8 Å². The Morgan fingerprint density at radius 3 is 2.28 bits per heavy atom. The minimum atomic E-state index is -3.89. The fourth-order valence-corrected chi connectivity index (χ4v) is 4.79. The van der Waals surface area contributed by atoms with Crippen LogP contribution in [-0.2, 0) is 10.0 Å². The summed E-state index contributed by atoms with van der Waals surface area (Å²) in [6.45, 7) is 1.90. The highest BCUT2D eigenvalue weighted by molar-refractivity contribution is 7.89. The van der Waals surface area contributed by atoms with E-state index in [1.54, 1.807) is 6.92 Å². The molecule has 1 fully saturated rings. The molecule has 2 aromatic carbocycles. The molecule has 0 unspecified atom stereocenters. The number of rotatable bonds is 4. The Hall–Kier alpha value is -2.43. The summed E-state index contributed by atoms with van der Waals surface area (Å²) in [6.07, 6.45) is 0.0940. The monoisotopic (exact) mass is 428 g/mol. The molecular weight excluding hydrogens is 409 g/mol. The highest BCUT2D eigenvalue weighted by atomic mass is 32.2. The van der Waals surface area contributed by atoms with Crippen LogP contribution >= 0.6 is 0 Å². The van der Waals surface area contributed by atoms with Crippen LogP contribution in [0.3, 0.4) is 0 Å². The van der Waals surface area contributed by atoms with E-state index >= 15 is 0 Å². The van der Waals surface area contributed by atoms with E-state index in [1.165, 1.54) is 22.5 Å². The Balaban J connectivity index is 1.87. The summed E-state index contributed by atoms with van der Waals surface area (Å²) in [5.41, 5.74) is 0.0734. The first-order valence-corrected chi connectivity index (χ1v) is 10.3. The van der Waals surface area contributed by atoms with Crippen molar-refractivity contribution < 1.29 is 31.5 Å². The standard InChI is InChI=1S/C19H19F3N2O4S/c1-11-2-3-12(19(26)23-13-9-15(20)18(22)16(21)10-13)8-17(11)29(27,28)24-6-4-14(25)5-7-24/h2-3,8-10,14,25H,4-7H2,1H3,(H,23,26). The summed E-state index contributed by atoms with van der Waals surface area (Å²) in [5.74, 6) is -5.38. The summed E-state index contributed by atoms with van der Waals surface area (Å²) >= 11 is 0. The van der Waals surface area contributed by atoms with E-state index in [9.17, 15) is 31.5 Å². The van der Waals surface area contributed by atoms with Gasteiger partial charge < -0.3 is 10.4 Å². The van der Waals surface area contributed by atoms with Gasteiger partial charge in [0.15, 0.2) is 17.5 Å². The molecule has 6 nitrogen and oxygen atoms in total. The van der Waals surface area contributed by atoms with Gasteiger partial charge in [0, 0.05) is 36.5 Å². The Morgan fingerprint density at radius 1 is 1.10 bits per heavy atom. The average Bonchev–Trinajstić information content (AvgIpc) is 2.66. The number of amides is 1. The van der Waals surface area contributed by atoms with Gasteiger partial charge in [0.05, 0.1) is 11.0 Å². The molecule has 156 valence electrons. The van der Waals surface area contributed by atoms with Gasteiger partial charge in [0.2, 0.25) is 10.0 Å². The fourth-order valence-electron chi connectivity index (χ4n) is 3.07. The van der Waals surface area contributed by atoms with Crippen LogP contribution in [0.15, 0.2) is 35.2 Å². The number of hydrogen-bond donors (Lipinski definition) is 2. The van der Waals surface area contributed by atoms with Gasteiger partial charge in [-0.2, -0.15) is 4.31 Å². The van der Waals surface area contributed by atoms with E-state index in [0.29, 0.717) is 30.5 Å². The number of hydrogen-bond acceptors (Lipinski definition) is 4. The predicted molar refractivity (Wildman–Crippen MR) is 99.4 cm³/mol. The van der Waals surface area contributed by atoms with Crippen LogP contribution in [0, 0.1) is 24.4 Å². The van der Waals surface area contributed by atoms with E-state index in [0.717, 1.165) is 0 Å². The van der Waals surface area contributed by atoms with Crippen LogP contribution in [0.2, 0.25) is 0 Å². The molecule has 10 heteroatoms. The predicted octanol–water partition coefficient (Wildman–Crippen LogP) is 2.81. The number of carbonyl (C=O) groups excluding carboxylic acids is 1. The number of nitrogens with zero attached hydrogens (tertiary/aromatic N) is 1. The minimum Gasteiger partial charge on any atom is -0.393 e. The summed E-state index contributed by atoms with van der Waals surface area (Å²) < 4.78 is 66.8. The molecule has 1 heterocycles. The molecule has 0 spiro atoms. The van der Waals surface area contributed by atoms with Gasteiger partial charge in [-0.25, -0.2) is 21.6 Å². The molecular formula is C19H19F3N2O4S. The van der Waals surface area contributed by atoms with Crippen LogP contribution in [-0.4, -0.2) is 42.9 Å². The molecule has 0 radical (unpaired) electrons. The topological polar surface area (TPSA) is 86.7 Å². The van der Waals surface area contributed by atoms with Crippen molar-refractivity contribution in [1.29, 1.82) is 0 Å². The Kier molecular flexibility index (Phi) is 5.97. The quantitative estimate of drug-likeness (QED) is 0.734. The largest absolute Gasteiger partial charge is 0.393 e. The van der Waals surface area contributed by atoms with Gasteiger partial charge >= 0.3 is 0 Å². The number of sulfonamides is 1. The molecule has 29 heavy (non-hydrogen) atoms. The SMILES string of the molecule is Cc1ccc(C(=O)Nc2cc(F)c(F)c(F)c2)cc1S(=O)(=O)N1CCC(O)CC1. The lowest BCUT2D eigenvalue weighted by molar-refractivity contribution is 0.102. The number of halogens is 3. The lowest BCUT2D eigenvalue weighted by Gasteiger charge is -2.29. The van der Waals surface area contributed by atoms with Crippen LogP contribution in [0.25, 0.3) is 0 Å². The van der Waals surface area contributed by atoms with Crippen molar-refractivity contribution in [2.45, 2.75) is 30.8 Å². The Labute approximate surface area is 166 Å². The molecule has 0 saturated carbocycles. The van der Waals surface area contributed by atoms with E-state index in [2.05, 4.69) is 5.32 Å². The average molecular weight is 428 g/mol. The van der Waals surface area contributed by atoms with Crippen molar-refractivity contribution in [2.24, 2.45) is 0 Å². The number of nitrogens with one attached hydrogen (secondary N) is 1. The first-order chi connectivity index (χ1) is 13.6. The summed E-state index contributed by atoms with van der Waals surface area (Å²) in [4.78, 5) is 12.4. The van der Waals surface area contributed by atoms with Gasteiger partial charge in [-0.15, -0.1) is 0 Å².